The van der Waals surface area contributed by atoms with Crippen molar-refractivity contribution >= 4 is 37.2 Å². The minimum Gasteiger partial charge on any atom is -0.480 e. The Labute approximate surface area is 118 Å². The lowest BCUT2D eigenvalue weighted by atomic mass is 10.1. The lowest BCUT2D eigenvalue weighted by Gasteiger charge is -2.21. The van der Waals surface area contributed by atoms with E-state index in [4.69, 9.17) is 21.7 Å². The maximum absolute atomic E-state index is 10.2. The van der Waals surface area contributed by atoms with E-state index in [1.54, 1.807) is 27.7 Å². The molecular weight excluding hydrogens is 276 g/mol. The zero-order chi connectivity index (χ0) is 15.3. The summed E-state index contributed by atoms with van der Waals surface area (Å²) in [5.41, 5.74) is 10.4. The molecule has 0 spiro atoms. The topological polar surface area (TPSA) is 127 Å². The van der Waals surface area contributed by atoms with E-state index in [-0.39, 0.29) is 0 Å². The Bertz CT molecular complexity index is 267. The largest absolute Gasteiger partial charge is 0.480 e. The van der Waals surface area contributed by atoms with Crippen LogP contribution >= 0.6 is 25.3 Å². The van der Waals surface area contributed by atoms with Gasteiger partial charge in [0.2, 0.25) is 0 Å². The molecule has 0 saturated carbocycles. The highest BCUT2D eigenvalue weighted by Gasteiger charge is 2.28. The van der Waals surface area contributed by atoms with Gasteiger partial charge < -0.3 is 21.7 Å². The lowest BCUT2D eigenvalue weighted by Crippen LogP contribution is -2.45. The predicted molar refractivity (Wildman–Crippen MR) is 77.4 cm³/mol. The molecule has 0 saturated heterocycles. The van der Waals surface area contributed by atoms with Crippen molar-refractivity contribution in [1.29, 1.82) is 0 Å². The summed E-state index contributed by atoms with van der Waals surface area (Å²) in [7, 11) is 0. The minimum absolute atomic E-state index is 0.647. The van der Waals surface area contributed by atoms with Gasteiger partial charge in [-0.2, -0.15) is 25.3 Å². The van der Waals surface area contributed by atoms with Crippen LogP contribution in [0.5, 0.6) is 0 Å². The van der Waals surface area contributed by atoms with Crippen LogP contribution in [0.3, 0.4) is 0 Å². The fourth-order valence-corrected chi connectivity index (χ4v) is 0.825. The van der Waals surface area contributed by atoms with Gasteiger partial charge in [-0.15, -0.1) is 0 Å². The molecule has 0 heterocycles. The van der Waals surface area contributed by atoms with Gasteiger partial charge in [-0.1, -0.05) is 0 Å². The highest BCUT2D eigenvalue weighted by molar-refractivity contribution is 7.82. The zero-order valence-corrected chi connectivity index (χ0v) is 12.7. The molecule has 0 aliphatic carbocycles. The molecule has 0 aliphatic heterocycles. The maximum atomic E-state index is 10.2. The summed E-state index contributed by atoms with van der Waals surface area (Å²) in [5, 5.41) is 16.7. The van der Waals surface area contributed by atoms with E-state index in [9.17, 15) is 9.59 Å². The molecule has 18 heavy (non-hydrogen) atoms. The third-order valence-electron chi connectivity index (χ3n) is 2.05. The number of carbonyl (C=O) groups is 2. The molecular formula is C10H22N2O4S2. The number of rotatable bonds is 4. The van der Waals surface area contributed by atoms with Crippen molar-refractivity contribution in [2.45, 2.75) is 49.3 Å². The second-order valence-corrected chi connectivity index (χ2v) is 7.24. The van der Waals surface area contributed by atoms with Crippen LogP contribution in [0.1, 0.15) is 27.7 Å². The summed E-state index contributed by atoms with van der Waals surface area (Å²) in [6.07, 6.45) is 0. The number of hydrogen-bond donors (Lipinski definition) is 6. The van der Waals surface area contributed by atoms with Gasteiger partial charge in [-0.3, -0.25) is 9.59 Å². The van der Waals surface area contributed by atoms with Crippen LogP contribution in [0.15, 0.2) is 0 Å². The van der Waals surface area contributed by atoms with Gasteiger partial charge in [0.25, 0.3) is 0 Å². The quantitative estimate of drug-likeness (QED) is 0.412. The van der Waals surface area contributed by atoms with Crippen LogP contribution in [-0.2, 0) is 9.59 Å². The van der Waals surface area contributed by atoms with E-state index in [1.165, 1.54) is 0 Å². The molecule has 108 valence electrons. The summed E-state index contributed by atoms with van der Waals surface area (Å²) in [6, 6.07) is -1.80. The average Bonchev–Trinajstić information content (AvgIpc) is 2.13. The van der Waals surface area contributed by atoms with Gasteiger partial charge >= 0.3 is 11.9 Å². The van der Waals surface area contributed by atoms with Crippen molar-refractivity contribution in [3.8, 4) is 0 Å². The van der Waals surface area contributed by atoms with Crippen LogP contribution in [0.25, 0.3) is 0 Å². The molecule has 0 amide bonds. The van der Waals surface area contributed by atoms with E-state index in [1.807, 2.05) is 0 Å². The Morgan fingerprint density at radius 2 is 1.06 bits per heavy atom. The van der Waals surface area contributed by atoms with Gasteiger partial charge in [0.05, 0.1) is 0 Å². The normalized spacial score (nSPS) is 15.1. The van der Waals surface area contributed by atoms with E-state index < -0.39 is 33.5 Å². The molecule has 0 aromatic heterocycles. The van der Waals surface area contributed by atoms with Gasteiger partial charge in [0, 0.05) is 9.49 Å². The summed E-state index contributed by atoms with van der Waals surface area (Å²) >= 11 is 7.97. The Kier molecular flexibility index (Phi) is 7.98. The highest BCUT2D eigenvalue weighted by atomic mass is 32.1. The first-order chi connectivity index (χ1) is 7.71. The van der Waals surface area contributed by atoms with Gasteiger partial charge in [-0.05, 0) is 27.7 Å². The SMILES string of the molecule is CC(C)(S)[C@@H](N)C(=O)O.CC(C)(S)[C@@H](N)C(=O)O. The van der Waals surface area contributed by atoms with Crippen LogP contribution in [0, 0.1) is 0 Å². The molecule has 0 aromatic carbocycles. The number of carboxylic acids is 2. The first-order valence-electron chi connectivity index (χ1n) is 5.12. The molecule has 0 unspecified atom stereocenters. The molecule has 0 rings (SSSR count). The first kappa shape index (κ1) is 19.9. The second-order valence-electron chi connectivity index (χ2n) is 4.94. The summed E-state index contributed by atoms with van der Waals surface area (Å²) < 4.78 is -1.29. The number of thiol groups is 2. The number of nitrogens with two attached hydrogens (primary N) is 2. The van der Waals surface area contributed by atoms with Crippen LogP contribution < -0.4 is 11.5 Å². The number of aliphatic carboxylic acids is 2. The summed E-state index contributed by atoms with van der Waals surface area (Å²) in [4.78, 5) is 20.3. The van der Waals surface area contributed by atoms with Crippen LogP contribution in [0.4, 0.5) is 0 Å². The third-order valence-corrected chi connectivity index (χ3v) is 2.61. The van der Waals surface area contributed by atoms with Crippen molar-refractivity contribution in [2.24, 2.45) is 11.5 Å². The second kappa shape index (κ2) is 7.22. The van der Waals surface area contributed by atoms with E-state index in [0.29, 0.717) is 0 Å². The monoisotopic (exact) mass is 298 g/mol. The summed E-state index contributed by atoms with van der Waals surface area (Å²) in [6.45, 7) is 6.65. The molecule has 0 radical (unpaired) electrons. The molecule has 0 aromatic rings. The molecule has 6 nitrogen and oxygen atoms in total. The fourth-order valence-electron chi connectivity index (χ4n) is 0.604. The molecule has 0 aliphatic rings. The van der Waals surface area contributed by atoms with Gasteiger partial charge in [-0.25, -0.2) is 0 Å². The highest BCUT2D eigenvalue weighted by Crippen LogP contribution is 2.15. The average molecular weight is 298 g/mol. The molecule has 0 bridgehead atoms. The molecule has 6 N–H and O–H groups in total. The van der Waals surface area contributed by atoms with Crippen LogP contribution in [0.2, 0.25) is 0 Å². The van der Waals surface area contributed by atoms with Gasteiger partial charge in [0.15, 0.2) is 0 Å². The molecule has 0 fully saturated rings. The fraction of sp³-hybridized carbons (Fsp3) is 0.800. The zero-order valence-electron chi connectivity index (χ0n) is 10.9. The third kappa shape index (κ3) is 8.62. The van der Waals surface area contributed by atoms with Crippen molar-refractivity contribution in [2.75, 3.05) is 0 Å². The smallest absolute Gasteiger partial charge is 0.321 e. The van der Waals surface area contributed by atoms with E-state index in [2.05, 4.69) is 25.3 Å². The summed E-state index contributed by atoms with van der Waals surface area (Å²) in [5.74, 6) is -2.04. The molecule has 2 atom stereocenters. The first-order valence-corrected chi connectivity index (χ1v) is 6.02. The van der Waals surface area contributed by atoms with Crippen molar-refractivity contribution < 1.29 is 19.8 Å². The number of hydrogen-bond acceptors (Lipinski definition) is 6. The van der Waals surface area contributed by atoms with Crippen molar-refractivity contribution in [3.63, 3.8) is 0 Å². The van der Waals surface area contributed by atoms with Crippen molar-refractivity contribution in [3.05, 3.63) is 0 Å². The number of carboxylic acid groups (broad SMARTS) is 2. The van der Waals surface area contributed by atoms with E-state index >= 15 is 0 Å². The van der Waals surface area contributed by atoms with E-state index in [0.717, 1.165) is 0 Å². The van der Waals surface area contributed by atoms with Gasteiger partial charge in [0.1, 0.15) is 12.1 Å². The Morgan fingerprint density at radius 1 is 0.889 bits per heavy atom. The van der Waals surface area contributed by atoms with Crippen molar-refractivity contribution in [1.82, 2.24) is 0 Å². The standard InChI is InChI=1S/2C5H11NO2S/c2*1-5(2,9)3(6)4(7)8/h2*3,9H,6H2,1-2H3,(H,7,8)/t2*3-/m00/s1. The Balaban J connectivity index is 0. The lowest BCUT2D eigenvalue weighted by molar-refractivity contribution is -0.140. The molecule has 8 heteroatoms. The maximum Gasteiger partial charge on any atom is 0.321 e. The predicted octanol–water partition coefficient (Wildman–Crippen LogP) is 0.213. The Hall–Kier alpha value is -0.440. The van der Waals surface area contributed by atoms with Crippen LogP contribution in [-0.4, -0.2) is 43.7 Å². The Morgan fingerprint density at radius 3 is 1.06 bits per heavy atom. The minimum atomic E-state index is -1.02.